The molecule has 0 aromatic heterocycles. The average molecular weight is 206 g/mol. The fourth-order valence-electron chi connectivity index (χ4n) is 1.54. The van der Waals surface area contributed by atoms with E-state index in [4.69, 9.17) is 0 Å². The van der Waals surface area contributed by atoms with Crippen molar-refractivity contribution in [3.8, 4) is 0 Å². The van der Waals surface area contributed by atoms with Crippen LogP contribution in [0.2, 0.25) is 0 Å². The molecule has 0 saturated carbocycles. The lowest BCUT2D eigenvalue weighted by molar-refractivity contribution is 0.188. The number of rotatable bonds is 5. The van der Waals surface area contributed by atoms with Gasteiger partial charge in [-0.15, -0.1) is 0 Å². The van der Waals surface area contributed by atoms with E-state index in [1.54, 1.807) is 0 Å². The molecule has 1 aliphatic heterocycles. The Labute approximate surface area is 80.4 Å². The van der Waals surface area contributed by atoms with Crippen molar-refractivity contribution < 1.29 is 8.42 Å². The second-order valence-electron chi connectivity index (χ2n) is 3.69. The molecule has 1 aliphatic rings. The van der Waals surface area contributed by atoms with Gasteiger partial charge in [-0.3, -0.25) is 0 Å². The van der Waals surface area contributed by atoms with Crippen molar-refractivity contribution in [3.63, 3.8) is 0 Å². The summed E-state index contributed by atoms with van der Waals surface area (Å²) in [6.45, 7) is 2.47. The van der Waals surface area contributed by atoms with Crippen LogP contribution in [0.5, 0.6) is 0 Å². The summed E-state index contributed by atoms with van der Waals surface area (Å²) in [5.41, 5.74) is 0. The summed E-state index contributed by atoms with van der Waals surface area (Å²) in [4.78, 5) is 0. The third kappa shape index (κ3) is 3.25. The molecule has 0 unspecified atom stereocenters. The summed E-state index contributed by atoms with van der Waals surface area (Å²) >= 11 is 0. The second-order valence-corrected chi connectivity index (χ2v) is 5.67. The van der Waals surface area contributed by atoms with Crippen LogP contribution in [0.15, 0.2) is 0 Å². The van der Waals surface area contributed by atoms with Gasteiger partial charge in [0.25, 0.3) is 0 Å². The number of sulfonamides is 1. The predicted molar refractivity (Wildman–Crippen MR) is 53.1 cm³/mol. The number of nitrogens with one attached hydrogen (secondary N) is 1. The molecule has 0 bridgehead atoms. The van der Waals surface area contributed by atoms with Crippen LogP contribution in [-0.4, -0.2) is 45.7 Å². The number of nitrogens with zero attached hydrogens (tertiary/aromatic N) is 1. The monoisotopic (exact) mass is 206 g/mol. The molecule has 1 saturated heterocycles. The van der Waals surface area contributed by atoms with E-state index in [1.165, 1.54) is 10.6 Å². The Bertz CT molecular complexity index is 245. The van der Waals surface area contributed by atoms with Gasteiger partial charge in [0, 0.05) is 13.1 Å². The average Bonchev–Trinajstić information content (AvgIpc) is 1.91. The molecule has 0 spiro atoms. The van der Waals surface area contributed by atoms with E-state index in [0.29, 0.717) is 5.92 Å². The normalized spacial score (nSPS) is 20.2. The van der Waals surface area contributed by atoms with Gasteiger partial charge in [-0.1, -0.05) is 0 Å². The summed E-state index contributed by atoms with van der Waals surface area (Å²) < 4.78 is 23.5. The smallest absolute Gasteiger partial charge is 0.211 e. The van der Waals surface area contributed by atoms with E-state index in [2.05, 4.69) is 5.32 Å². The lowest BCUT2D eigenvalue weighted by Gasteiger charge is -2.37. The highest BCUT2D eigenvalue weighted by molar-refractivity contribution is 7.88. The maximum atomic E-state index is 11.0. The van der Waals surface area contributed by atoms with Gasteiger partial charge < -0.3 is 5.32 Å². The van der Waals surface area contributed by atoms with Gasteiger partial charge >= 0.3 is 0 Å². The molecular weight excluding hydrogens is 188 g/mol. The van der Waals surface area contributed by atoms with Crippen molar-refractivity contribution in [2.75, 3.05) is 32.9 Å². The van der Waals surface area contributed by atoms with Gasteiger partial charge in [0.15, 0.2) is 0 Å². The molecule has 0 aromatic rings. The molecule has 5 heteroatoms. The largest absolute Gasteiger partial charge is 0.320 e. The van der Waals surface area contributed by atoms with Crippen molar-refractivity contribution >= 4 is 10.0 Å². The number of hydrogen-bond donors (Lipinski definition) is 1. The first-order valence-electron chi connectivity index (χ1n) is 4.63. The van der Waals surface area contributed by atoms with E-state index in [9.17, 15) is 8.42 Å². The van der Waals surface area contributed by atoms with E-state index < -0.39 is 10.0 Å². The van der Waals surface area contributed by atoms with Crippen molar-refractivity contribution in [1.29, 1.82) is 0 Å². The molecule has 13 heavy (non-hydrogen) atoms. The maximum Gasteiger partial charge on any atom is 0.211 e. The summed E-state index contributed by atoms with van der Waals surface area (Å²) in [5.74, 6) is 0.586. The SMILES string of the molecule is CNCCCC1CN(S(C)(=O)=O)C1. The second kappa shape index (κ2) is 4.39. The van der Waals surface area contributed by atoms with Crippen molar-refractivity contribution in [2.24, 2.45) is 5.92 Å². The Kier molecular flexibility index (Phi) is 3.70. The fourth-order valence-corrected chi connectivity index (χ4v) is 2.51. The van der Waals surface area contributed by atoms with Crippen molar-refractivity contribution in [2.45, 2.75) is 12.8 Å². The van der Waals surface area contributed by atoms with Crippen LogP contribution in [0.4, 0.5) is 0 Å². The Balaban J connectivity index is 2.12. The standard InChI is InChI=1S/C8H18N2O2S/c1-9-5-3-4-8-6-10(7-8)13(2,11)12/h8-9H,3-7H2,1-2H3. The zero-order valence-corrected chi connectivity index (χ0v) is 9.10. The highest BCUT2D eigenvalue weighted by atomic mass is 32.2. The zero-order valence-electron chi connectivity index (χ0n) is 8.28. The van der Waals surface area contributed by atoms with Gasteiger partial charge in [-0.2, -0.15) is 0 Å². The summed E-state index contributed by atoms with van der Waals surface area (Å²) in [7, 11) is -0.978. The quantitative estimate of drug-likeness (QED) is 0.638. The van der Waals surface area contributed by atoms with Gasteiger partial charge in [0.2, 0.25) is 10.0 Å². The Morgan fingerprint density at radius 1 is 1.46 bits per heavy atom. The van der Waals surface area contributed by atoms with Crippen LogP contribution >= 0.6 is 0 Å². The molecule has 1 N–H and O–H groups in total. The molecule has 0 amide bonds. The van der Waals surface area contributed by atoms with Gasteiger partial charge in [-0.05, 0) is 32.4 Å². The minimum absolute atomic E-state index is 0.586. The highest BCUT2D eigenvalue weighted by Gasteiger charge is 2.32. The molecule has 4 nitrogen and oxygen atoms in total. The zero-order chi connectivity index (χ0) is 9.90. The third-order valence-corrected chi connectivity index (χ3v) is 3.67. The molecule has 0 radical (unpaired) electrons. The fraction of sp³-hybridized carbons (Fsp3) is 1.00. The molecule has 0 aliphatic carbocycles. The molecule has 0 atom stereocenters. The van der Waals surface area contributed by atoms with Crippen LogP contribution in [0.1, 0.15) is 12.8 Å². The van der Waals surface area contributed by atoms with E-state index >= 15 is 0 Å². The molecule has 1 heterocycles. The minimum atomic E-state index is -2.91. The molecule has 78 valence electrons. The Hall–Kier alpha value is -0.130. The summed E-state index contributed by atoms with van der Waals surface area (Å²) in [6, 6.07) is 0. The minimum Gasteiger partial charge on any atom is -0.320 e. The summed E-state index contributed by atoms with van der Waals surface area (Å²) in [5, 5.41) is 3.08. The van der Waals surface area contributed by atoms with Crippen molar-refractivity contribution in [1.82, 2.24) is 9.62 Å². The van der Waals surface area contributed by atoms with E-state index in [0.717, 1.165) is 32.5 Å². The van der Waals surface area contributed by atoms with Crippen LogP contribution in [0, 0.1) is 5.92 Å². The predicted octanol–water partition coefficient (Wildman–Crippen LogP) is -0.123. The van der Waals surface area contributed by atoms with Crippen LogP contribution in [0.25, 0.3) is 0 Å². The van der Waals surface area contributed by atoms with Gasteiger partial charge in [-0.25, -0.2) is 12.7 Å². The molecule has 0 aromatic carbocycles. The van der Waals surface area contributed by atoms with Crippen LogP contribution in [0.3, 0.4) is 0 Å². The maximum absolute atomic E-state index is 11.0. The van der Waals surface area contributed by atoms with Crippen molar-refractivity contribution in [3.05, 3.63) is 0 Å². The molecular formula is C8H18N2O2S. The lowest BCUT2D eigenvalue weighted by Crippen LogP contribution is -2.49. The Morgan fingerprint density at radius 3 is 2.54 bits per heavy atom. The van der Waals surface area contributed by atoms with E-state index in [-0.39, 0.29) is 0 Å². The summed E-state index contributed by atoms with van der Waals surface area (Å²) in [6.07, 6.45) is 3.54. The first-order valence-corrected chi connectivity index (χ1v) is 6.48. The topological polar surface area (TPSA) is 49.4 Å². The molecule has 1 rings (SSSR count). The van der Waals surface area contributed by atoms with Crippen LogP contribution in [-0.2, 0) is 10.0 Å². The lowest BCUT2D eigenvalue weighted by atomic mass is 9.97. The molecule has 1 fully saturated rings. The third-order valence-electron chi connectivity index (χ3n) is 2.43. The highest BCUT2D eigenvalue weighted by Crippen LogP contribution is 2.22. The Morgan fingerprint density at radius 2 is 2.08 bits per heavy atom. The van der Waals surface area contributed by atoms with Crippen LogP contribution < -0.4 is 5.32 Å². The number of hydrogen-bond acceptors (Lipinski definition) is 3. The first-order chi connectivity index (χ1) is 6.04. The van der Waals surface area contributed by atoms with E-state index in [1.807, 2.05) is 7.05 Å². The van der Waals surface area contributed by atoms with Gasteiger partial charge in [0.05, 0.1) is 6.26 Å². The first kappa shape index (κ1) is 10.9. The van der Waals surface area contributed by atoms with Gasteiger partial charge in [0.1, 0.15) is 0 Å².